The summed E-state index contributed by atoms with van der Waals surface area (Å²) in [7, 11) is 0. The molecule has 2 N–H and O–H groups in total. The average Bonchev–Trinajstić information content (AvgIpc) is 2.71. The van der Waals surface area contributed by atoms with Gasteiger partial charge in [0, 0.05) is 6.04 Å². The maximum atomic E-state index is 11.1. The van der Waals surface area contributed by atoms with E-state index in [0.717, 1.165) is 19.3 Å². The summed E-state index contributed by atoms with van der Waals surface area (Å²) in [5.41, 5.74) is 6.71. The van der Waals surface area contributed by atoms with Gasteiger partial charge in [0.15, 0.2) is 11.5 Å². The Hall–Kier alpha value is -1.53. The van der Waals surface area contributed by atoms with Gasteiger partial charge in [-0.15, -0.1) is 12.4 Å². The minimum absolute atomic E-state index is 0. The molecule has 3 rings (SSSR count). The summed E-state index contributed by atoms with van der Waals surface area (Å²) in [6, 6.07) is 2.77. The smallest absolute Gasteiger partial charge is 0.278 e. The summed E-state index contributed by atoms with van der Waals surface area (Å²) in [6.45, 7) is 0.106. The van der Waals surface area contributed by atoms with E-state index < -0.39 is 4.92 Å². The van der Waals surface area contributed by atoms with Crippen molar-refractivity contribution in [3.63, 3.8) is 0 Å². The van der Waals surface area contributed by atoms with Crippen molar-refractivity contribution in [2.75, 3.05) is 6.79 Å². The van der Waals surface area contributed by atoms with Crippen molar-refractivity contribution in [1.82, 2.24) is 0 Å². The van der Waals surface area contributed by atoms with Gasteiger partial charge in [0.25, 0.3) is 5.69 Å². The lowest BCUT2D eigenvalue weighted by Gasteiger charge is -2.31. The minimum atomic E-state index is -0.407. The lowest BCUT2D eigenvalue weighted by atomic mass is 9.77. The molecule has 0 aromatic heterocycles. The van der Waals surface area contributed by atoms with E-state index in [9.17, 15) is 10.1 Å². The van der Waals surface area contributed by atoms with Crippen molar-refractivity contribution >= 4 is 18.1 Å². The van der Waals surface area contributed by atoms with Crippen LogP contribution in [-0.2, 0) is 0 Å². The Bertz CT molecular complexity index is 505. The van der Waals surface area contributed by atoms with Crippen molar-refractivity contribution in [3.05, 3.63) is 27.8 Å². The van der Waals surface area contributed by atoms with Crippen LogP contribution in [-0.4, -0.2) is 11.7 Å². The van der Waals surface area contributed by atoms with Crippen LogP contribution in [0.4, 0.5) is 5.69 Å². The molecule has 1 aromatic rings. The molecular weight excluding hydrogens is 272 g/mol. The maximum Gasteiger partial charge on any atom is 0.278 e. The van der Waals surface area contributed by atoms with Crippen molar-refractivity contribution in [3.8, 4) is 11.5 Å². The first kappa shape index (κ1) is 13.9. The molecule has 19 heavy (non-hydrogen) atoms. The molecule has 0 saturated heterocycles. The fourth-order valence-electron chi connectivity index (χ4n) is 2.42. The molecule has 0 radical (unpaired) electrons. The van der Waals surface area contributed by atoms with Crippen LogP contribution in [0.1, 0.15) is 30.9 Å². The van der Waals surface area contributed by atoms with Gasteiger partial charge in [-0.1, -0.05) is 6.42 Å². The molecule has 0 unspecified atom stereocenters. The first-order valence-corrected chi connectivity index (χ1v) is 6.00. The maximum absolute atomic E-state index is 11.1. The van der Waals surface area contributed by atoms with Crippen molar-refractivity contribution in [2.24, 2.45) is 11.7 Å². The third kappa shape index (κ3) is 2.33. The lowest BCUT2D eigenvalue weighted by Crippen LogP contribution is -2.27. The van der Waals surface area contributed by atoms with Crippen LogP contribution in [0, 0.1) is 16.0 Å². The number of hydrogen-bond acceptors (Lipinski definition) is 5. The van der Waals surface area contributed by atoms with Gasteiger partial charge in [0.1, 0.15) is 0 Å². The van der Waals surface area contributed by atoms with E-state index in [-0.39, 0.29) is 30.9 Å². The van der Waals surface area contributed by atoms with E-state index in [1.807, 2.05) is 0 Å². The van der Waals surface area contributed by atoms with Crippen molar-refractivity contribution in [2.45, 2.75) is 25.3 Å². The summed E-state index contributed by atoms with van der Waals surface area (Å²) in [5, 5.41) is 11.1. The van der Waals surface area contributed by atoms with Gasteiger partial charge >= 0.3 is 0 Å². The van der Waals surface area contributed by atoms with Gasteiger partial charge in [0.2, 0.25) is 6.79 Å². The third-order valence-electron chi connectivity index (χ3n) is 3.74. The summed E-state index contributed by atoms with van der Waals surface area (Å²) < 4.78 is 10.4. The number of nitro groups is 1. The van der Waals surface area contributed by atoms with Gasteiger partial charge in [-0.25, -0.2) is 0 Å². The summed E-state index contributed by atoms with van der Waals surface area (Å²) in [6.07, 6.45) is 3.22. The summed E-state index contributed by atoms with van der Waals surface area (Å²) in [5.74, 6) is 1.31. The van der Waals surface area contributed by atoms with Gasteiger partial charge < -0.3 is 15.2 Å². The minimum Gasteiger partial charge on any atom is -0.454 e. The fraction of sp³-hybridized carbons (Fsp3) is 0.500. The molecule has 0 spiro atoms. The second-order valence-corrected chi connectivity index (χ2v) is 4.74. The molecule has 0 amide bonds. The molecule has 6 nitrogen and oxygen atoms in total. The second kappa shape index (κ2) is 5.22. The lowest BCUT2D eigenvalue weighted by molar-refractivity contribution is -0.385. The standard InChI is InChI=1S/C12H14N2O4.ClH/c13-12(7-2-1-3-7)8-4-10-11(18-6-17-10)5-9(8)14(15)16;/h4-5,7,12H,1-3,6,13H2;1H/t12-;/m0./s1. The van der Waals surface area contributed by atoms with E-state index >= 15 is 0 Å². The number of nitrogens with zero attached hydrogens (tertiary/aromatic N) is 1. The van der Waals surface area contributed by atoms with Crippen LogP contribution in [0.25, 0.3) is 0 Å². The number of nitro benzene ring substituents is 1. The monoisotopic (exact) mass is 286 g/mol. The zero-order chi connectivity index (χ0) is 12.7. The van der Waals surface area contributed by atoms with Crippen LogP contribution >= 0.6 is 12.4 Å². The van der Waals surface area contributed by atoms with Crippen LogP contribution < -0.4 is 15.2 Å². The van der Waals surface area contributed by atoms with Crippen LogP contribution in [0.3, 0.4) is 0 Å². The van der Waals surface area contributed by atoms with E-state index in [2.05, 4.69) is 0 Å². The molecule has 7 heteroatoms. The van der Waals surface area contributed by atoms with E-state index in [0.29, 0.717) is 23.0 Å². The third-order valence-corrected chi connectivity index (χ3v) is 3.74. The molecule has 1 aromatic carbocycles. The fourth-order valence-corrected chi connectivity index (χ4v) is 2.42. The molecule has 104 valence electrons. The Morgan fingerprint density at radius 1 is 1.32 bits per heavy atom. The van der Waals surface area contributed by atoms with Gasteiger partial charge in [-0.3, -0.25) is 10.1 Å². The van der Waals surface area contributed by atoms with E-state index in [4.69, 9.17) is 15.2 Å². The topological polar surface area (TPSA) is 87.6 Å². The number of hydrogen-bond donors (Lipinski definition) is 1. The second-order valence-electron chi connectivity index (χ2n) is 4.74. The Morgan fingerprint density at radius 2 is 1.95 bits per heavy atom. The average molecular weight is 287 g/mol. The first-order valence-electron chi connectivity index (χ1n) is 6.00. The number of nitrogens with two attached hydrogens (primary N) is 1. The predicted molar refractivity (Wildman–Crippen MR) is 70.7 cm³/mol. The molecule has 1 fully saturated rings. The molecule has 1 saturated carbocycles. The molecular formula is C12H15ClN2O4. The first-order chi connectivity index (χ1) is 8.66. The zero-order valence-electron chi connectivity index (χ0n) is 10.2. The van der Waals surface area contributed by atoms with Crippen molar-refractivity contribution in [1.29, 1.82) is 0 Å². The largest absolute Gasteiger partial charge is 0.454 e. The number of rotatable bonds is 3. The summed E-state index contributed by atoms with van der Waals surface area (Å²) in [4.78, 5) is 10.7. The van der Waals surface area contributed by atoms with Crippen LogP contribution in [0.5, 0.6) is 11.5 Å². The molecule has 2 aliphatic rings. The molecule has 1 aliphatic carbocycles. The van der Waals surface area contributed by atoms with Gasteiger partial charge in [-0.2, -0.15) is 0 Å². The van der Waals surface area contributed by atoms with Crippen LogP contribution in [0.15, 0.2) is 12.1 Å². The number of fused-ring (bicyclic) bond motifs is 1. The number of halogens is 1. The predicted octanol–water partition coefficient (Wildman–Crippen LogP) is 2.55. The molecule has 1 atom stereocenters. The normalized spacial score (nSPS) is 18.4. The van der Waals surface area contributed by atoms with E-state index in [1.165, 1.54) is 6.07 Å². The Labute approximate surface area is 116 Å². The molecule has 1 aliphatic heterocycles. The Morgan fingerprint density at radius 3 is 2.47 bits per heavy atom. The summed E-state index contributed by atoms with van der Waals surface area (Å²) >= 11 is 0. The van der Waals surface area contributed by atoms with E-state index in [1.54, 1.807) is 6.07 Å². The Kier molecular flexibility index (Phi) is 3.82. The zero-order valence-corrected chi connectivity index (χ0v) is 11.0. The van der Waals surface area contributed by atoms with Gasteiger partial charge in [0.05, 0.1) is 16.6 Å². The Balaban J connectivity index is 0.00000133. The molecule has 1 heterocycles. The quantitative estimate of drug-likeness (QED) is 0.681. The number of ether oxygens (including phenoxy) is 2. The highest BCUT2D eigenvalue weighted by atomic mass is 35.5. The highest BCUT2D eigenvalue weighted by molar-refractivity contribution is 5.85. The van der Waals surface area contributed by atoms with Crippen LogP contribution in [0.2, 0.25) is 0 Å². The highest BCUT2D eigenvalue weighted by Gasteiger charge is 2.32. The highest BCUT2D eigenvalue weighted by Crippen LogP contribution is 2.44. The van der Waals surface area contributed by atoms with Gasteiger partial charge in [-0.05, 0) is 24.8 Å². The van der Waals surface area contributed by atoms with Crippen molar-refractivity contribution < 1.29 is 14.4 Å². The molecule has 0 bridgehead atoms. The number of benzene rings is 1. The SMILES string of the molecule is Cl.N[C@H](c1cc2c(cc1[N+](=O)[O-])OCO2)C1CCC1.